The number of nitrogens with one attached hydrogen (secondary N) is 2. The molecule has 0 aliphatic carbocycles. The number of carbonyl (C=O) groups excluding carboxylic acids is 2. The number of carbonyl (C=O) groups is 2. The van der Waals surface area contributed by atoms with Crippen LogP contribution >= 0.6 is 0 Å². The second-order valence-electron chi connectivity index (χ2n) is 4.99. The van der Waals surface area contributed by atoms with Crippen molar-refractivity contribution >= 4 is 11.9 Å². The lowest BCUT2D eigenvalue weighted by atomic mass is 10.1. The Kier molecular flexibility index (Phi) is 10.1. The summed E-state index contributed by atoms with van der Waals surface area (Å²) in [5.74, 6) is 0.171. The average molecular weight is 273 g/mol. The SMILES string of the molecule is CCCN(CCO)CC(=O)NC(=O)NCCC(C)C. The van der Waals surface area contributed by atoms with E-state index in [0.29, 0.717) is 19.0 Å². The number of nitrogens with zero attached hydrogens (tertiary/aromatic N) is 1. The highest BCUT2D eigenvalue weighted by atomic mass is 16.3. The number of imide groups is 1. The summed E-state index contributed by atoms with van der Waals surface area (Å²) in [5.41, 5.74) is 0. The number of urea groups is 1. The molecule has 0 saturated heterocycles. The zero-order chi connectivity index (χ0) is 14.7. The van der Waals surface area contributed by atoms with Gasteiger partial charge in [-0.1, -0.05) is 20.8 Å². The third kappa shape index (κ3) is 10.5. The molecule has 6 heteroatoms. The molecule has 0 aromatic rings. The van der Waals surface area contributed by atoms with Crippen molar-refractivity contribution in [1.29, 1.82) is 0 Å². The van der Waals surface area contributed by atoms with Gasteiger partial charge in [-0.05, 0) is 25.3 Å². The quantitative estimate of drug-likeness (QED) is 0.573. The van der Waals surface area contributed by atoms with Gasteiger partial charge in [0, 0.05) is 13.1 Å². The maximum absolute atomic E-state index is 11.6. The van der Waals surface area contributed by atoms with E-state index in [1.165, 1.54) is 0 Å². The molecule has 0 saturated carbocycles. The molecule has 0 heterocycles. The lowest BCUT2D eigenvalue weighted by Crippen LogP contribution is -2.45. The molecule has 6 nitrogen and oxygen atoms in total. The fourth-order valence-electron chi connectivity index (χ4n) is 1.62. The molecule has 0 fully saturated rings. The van der Waals surface area contributed by atoms with E-state index < -0.39 is 6.03 Å². The smallest absolute Gasteiger partial charge is 0.321 e. The van der Waals surface area contributed by atoms with Crippen molar-refractivity contribution in [3.05, 3.63) is 0 Å². The van der Waals surface area contributed by atoms with Crippen LogP contribution in [0, 0.1) is 5.92 Å². The van der Waals surface area contributed by atoms with Gasteiger partial charge in [0.05, 0.1) is 13.2 Å². The molecule has 0 aliphatic heterocycles. The standard InChI is InChI=1S/C13H27N3O3/c1-4-7-16(8-9-17)10-12(18)15-13(19)14-6-5-11(2)3/h11,17H,4-10H2,1-3H3,(H2,14,15,18,19). The fourth-order valence-corrected chi connectivity index (χ4v) is 1.62. The van der Waals surface area contributed by atoms with Crippen LogP contribution in [-0.2, 0) is 4.79 Å². The number of aliphatic hydroxyl groups is 1. The maximum Gasteiger partial charge on any atom is 0.321 e. The normalized spacial score (nSPS) is 10.8. The Bertz CT molecular complexity index is 264. The zero-order valence-electron chi connectivity index (χ0n) is 12.2. The molecule has 3 amide bonds. The molecular weight excluding hydrogens is 246 g/mol. The van der Waals surface area contributed by atoms with Crippen molar-refractivity contribution in [3.8, 4) is 0 Å². The summed E-state index contributed by atoms with van der Waals surface area (Å²) >= 11 is 0. The topological polar surface area (TPSA) is 81.7 Å². The highest BCUT2D eigenvalue weighted by Crippen LogP contribution is 1.96. The van der Waals surface area contributed by atoms with Crippen LogP contribution in [0.15, 0.2) is 0 Å². The minimum Gasteiger partial charge on any atom is -0.395 e. The third-order valence-corrected chi connectivity index (χ3v) is 2.58. The largest absolute Gasteiger partial charge is 0.395 e. The number of aliphatic hydroxyl groups excluding tert-OH is 1. The Hall–Kier alpha value is -1.14. The van der Waals surface area contributed by atoms with Crippen LogP contribution in [0.2, 0.25) is 0 Å². The van der Waals surface area contributed by atoms with E-state index in [4.69, 9.17) is 5.11 Å². The second kappa shape index (κ2) is 10.8. The van der Waals surface area contributed by atoms with Crippen LogP contribution in [0.3, 0.4) is 0 Å². The first-order chi connectivity index (χ1) is 8.99. The number of hydrogen-bond donors (Lipinski definition) is 3. The molecule has 0 spiro atoms. The van der Waals surface area contributed by atoms with Gasteiger partial charge < -0.3 is 10.4 Å². The minimum atomic E-state index is -0.453. The summed E-state index contributed by atoms with van der Waals surface area (Å²) in [6, 6.07) is -0.453. The molecular formula is C13H27N3O3. The summed E-state index contributed by atoms with van der Waals surface area (Å²) in [6.07, 6.45) is 1.78. The van der Waals surface area contributed by atoms with Gasteiger partial charge in [0.1, 0.15) is 0 Å². The van der Waals surface area contributed by atoms with E-state index in [-0.39, 0.29) is 19.1 Å². The lowest BCUT2D eigenvalue weighted by Gasteiger charge is -2.19. The predicted octanol–water partition coefficient (Wildman–Crippen LogP) is 0.563. The average Bonchev–Trinajstić information content (AvgIpc) is 2.28. The van der Waals surface area contributed by atoms with Crippen molar-refractivity contribution in [2.24, 2.45) is 5.92 Å². The van der Waals surface area contributed by atoms with Gasteiger partial charge in [0.15, 0.2) is 0 Å². The minimum absolute atomic E-state index is 0.00780. The molecule has 0 radical (unpaired) electrons. The van der Waals surface area contributed by atoms with Crippen molar-refractivity contribution in [3.63, 3.8) is 0 Å². The van der Waals surface area contributed by atoms with Gasteiger partial charge in [0.2, 0.25) is 5.91 Å². The first-order valence-corrected chi connectivity index (χ1v) is 6.90. The summed E-state index contributed by atoms with van der Waals surface area (Å²) < 4.78 is 0. The van der Waals surface area contributed by atoms with E-state index in [1.807, 2.05) is 11.8 Å². The third-order valence-electron chi connectivity index (χ3n) is 2.58. The van der Waals surface area contributed by atoms with Gasteiger partial charge >= 0.3 is 6.03 Å². The fraction of sp³-hybridized carbons (Fsp3) is 0.846. The molecule has 3 N–H and O–H groups in total. The monoisotopic (exact) mass is 273 g/mol. The molecule has 112 valence electrons. The maximum atomic E-state index is 11.6. The Labute approximate surface area is 115 Å². The first kappa shape index (κ1) is 17.9. The second-order valence-corrected chi connectivity index (χ2v) is 4.99. The van der Waals surface area contributed by atoms with Crippen molar-refractivity contribution in [2.45, 2.75) is 33.6 Å². The number of rotatable bonds is 9. The van der Waals surface area contributed by atoms with Crippen molar-refractivity contribution < 1.29 is 14.7 Å². The van der Waals surface area contributed by atoms with Gasteiger partial charge in [-0.15, -0.1) is 0 Å². The summed E-state index contributed by atoms with van der Waals surface area (Å²) in [5, 5.41) is 13.8. The van der Waals surface area contributed by atoms with Crippen LogP contribution in [-0.4, -0.2) is 54.7 Å². The van der Waals surface area contributed by atoms with Crippen LogP contribution in [0.5, 0.6) is 0 Å². The van der Waals surface area contributed by atoms with Crippen LogP contribution in [0.1, 0.15) is 33.6 Å². The zero-order valence-corrected chi connectivity index (χ0v) is 12.2. The Morgan fingerprint density at radius 2 is 1.95 bits per heavy atom. The van der Waals surface area contributed by atoms with Gasteiger partial charge in [0.25, 0.3) is 0 Å². The van der Waals surface area contributed by atoms with E-state index in [9.17, 15) is 9.59 Å². The summed E-state index contributed by atoms with van der Waals surface area (Å²) in [7, 11) is 0. The Morgan fingerprint density at radius 3 is 2.47 bits per heavy atom. The number of hydrogen-bond acceptors (Lipinski definition) is 4. The predicted molar refractivity (Wildman–Crippen MR) is 74.8 cm³/mol. The molecule has 19 heavy (non-hydrogen) atoms. The van der Waals surface area contributed by atoms with Gasteiger partial charge in [-0.25, -0.2) is 4.79 Å². The molecule has 0 bridgehead atoms. The van der Waals surface area contributed by atoms with Crippen LogP contribution in [0.25, 0.3) is 0 Å². The molecule has 0 rings (SSSR count). The van der Waals surface area contributed by atoms with Gasteiger partial charge in [-0.3, -0.25) is 15.0 Å². The van der Waals surface area contributed by atoms with E-state index in [1.54, 1.807) is 0 Å². The van der Waals surface area contributed by atoms with Crippen molar-refractivity contribution in [2.75, 3.05) is 32.8 Å². The molecule has 0 aliphatic rings. The van der Waals surface area contributed by atoms with Gasteiger partial charge in [-0.2, -0.15) is 0 Å². The highest BCUT2D eigenvalue weighted by molar-refractivity contribution is 5.95. The first-order valence-electron chi connectivity index (χ1n) is 6.90. The van der Waals surface area contributed by atoms with E-state index in [2.05, 4.69) is 24.5 Å². The van der Waals surface area contributed by atoms with Crippen LogP contribution in [0.4, 0.5) is 4.79 Å². The van der Waals surface area contributed by atoms with Crippen LogP contribution < -0.4 is 10.6 Å². The van der Waals surface area contributed by atoms with E-state index in [0.717, 1.165) is 19.4 Å². The molecule has 0 atom stereocenters. The Balaban J connectivity index is 3.90. The summed E-state index contributed by atoms with van der Waals surface area (Å²) in [4.78, 5) is 24.9. The molecule has 0 aromatic heterocycles. The summed E-state index contributed by atoms with van der Waals surface area (Å²) in [6.45, 7) is 8.01. The Morgan fingerprint density at radius 1 is 1.26 bits per heavy atom. The van der Waals surface area contributed by atoms with Crippen molar-refractivity contribution in [1.82, 2.24) is 15.5 Å². The van der Waals surface area contributed by atoms with E-state index >= 15 is 0 Å². The highest BCUT2D eigenvalue weighted by Gasteiger charge is 2.12. The number of amides is 3. The lowest BCUT2D eigenvalue weighted by molar-refractivity contribution is -0.121. The molecule has 0 aromatic carbocycles. The molecule has 0 unspecified atom stereocenters.